The number of nitrogens with two attached hydrogens (primary N) is 1. The van der Waals surface area contributed by atoms with Gasteiger partial charge in [-0.25, -0.2) is 4.98 Å². The second-order valence-electron chi connectivity index (χ2n) is 4.00. The van der Waals surface area contributed by atoms with E-state index >= 15 is 0 Å². The first-order valence-corrected chi connectivity index (χ1v) is 5.44. The molecule has 19 heavy (non-hydrogen) atoms. The number of aryl methyl sites for hydroxylation is 1. The maximum absolute atomic E-state index is 12.8. The molecular weight excluding hydrogens is 257 g/mol. The van der Waals surface area contributed by atoms with Crippen LogP contribution in [-0.4, -0.2) is 4.98 Å². The van der Waals surface area contributed by atoms with E-state index in [2.05, 4.69) is 4.98 Å². The first kappa shape index (κ1) is 13.2. The number of anilines is 1. The highest BCUT2D eigenvalue weighted by Crippen LogP contribution is 2.37. The van der Waals surface area contributed by atoms with E-state index in [0.717, 1.165) is 11.6 Å². The monoisotopic (exact) mass is 268 g/mol. The van der Waals surface area contributed by atoms with Gasteiger partial charge in [-0.2, -0.15) is 13.2 Å². The molecule has 1 aromatic carbocycles. The van der Waals surface area contributed by atoms with Crippen molar-refractivity contribution in [3.05, 3.63) is 47.7 Å². The summed E-state index contributed by atoms with van der Waals surface area (Å²) < 4.78 is 43.5. The molecule has 2 aromatic rings. The van der Waals surface area contributed by atoms with E-state index in [9.17, 15) is 13.2 Å². The summed E-state index contributed by atoms with van der Waals surface area (Å²) in [5.41, 5.74) is 5.91. The molecule has 0 saturated carbocycles. The van der Waals surface area contributed by atoms with Gasteiger partial charge in [0.1, 0.15) is 5.56 Å². The van der Waals surface area contributed by atoms with Crippen molar-refractivity contribution < 1.29 is 17.9 Å². The Bertz CT molecular complexity index is 597. The molecule has 0 aliphatic heterocycles. The summed E-state index contributed by atoms with van der Waals surface area (Å²) in [6.45, 7) is 1.82. The van der Waals surface area contributed by atoms with Crippen LogP contribution in [0, 0.1) is 6.92 Å². The lowest BCUT2D eigenvalue weighted by atomic mass is 10.2. The molecule has 1 heterocycles. The summed E-state index contributed by atoms with van der Waals surface area (Å²) >= 11 is 0. The molecule has 2 N–H and O–H groups in total. The summed E-state index contributed by atoms with van der Waals surface area (Å²) in [6, 6.07) is 6.94. The van der Waals surface area contributed by atoms with E-state index in [1.807, 2.05) is 6.92 Å². The van der Waals surface area contributed by atoms with Crippen molar-refractivity contribution in [3.63, 3.8) is 0 Å². The number of hydrogen-bond donors (Lipinski definition) is 1. The highest BCUT2D eigenvalue weighted by molar-refractivity contribution is 5.55. The molecule has 1 aromatic heterocycles. The summed E-state index contributed by atoms with van der Waals surface area (Å²) in [4.78, 5) is 3.61. The van der Waals surface area contributed by atoms with E-state index in [4.69, 9.17) is 10.5 Å². The molecule has 0 radical (unpaired) electrons. The summed E-state index contributed by atoms with van der Waals surface area (Å²) in [5, 5.41) is 0. The van der Waals surface area contributed by atoms with Crippen LogP contribution in [0.1, 0.15) is 11.1 Å². The summed E-state index contributed by atoms with van der Waals surface area (Å²) in [7, 11) is 0. The second kappa shape index (κ2) is 4.79. The predicted octanol–water partition coefficient (Wildman–Crippen LogP) is 3.78. The minimum atomic E-state index is -4.52. The molecule has 0 aliphatic rings. The average molecular weight is 268 g/mol. The van der Waals surface area contributed by atoms with Crippen LogP contribution >= 0.6 is 0 Å². The van der Waals surface area contributed by atoms with Crippen molar-refractivity contribution in [1.29, 1.82) is 0 Å². The first-order valence-electron chi connectivity index (χ1n) is 5.44. The summed E-state index contributed by atoms with van der Waals surface area (Å²) in [5.74, 6) is -0.361. The number of benzene rings is 1. The number of alkyl halides is 3. The number of nitrogens with zero attached hydrogens (tertiary/aromatic N) is 1. The molecule has 3 nitrogen and oxygen atoms in total. The lowest BCUT2D eigenvalue weighted by Gasteiger charge is -2.13. The molecule has 0 bridgehead atoms. The quantitative estimate of drug-likeness (QED) is 0.843. The molecule has 0 amide bonds. The van der Waals surface area contributed by atoms with Gasteiger partial charge in [-0.1, -0.05) is 6.07 Å². The Morgan fingerprint density at radius 2 is 1.95 bits per heavy atom. The van der Waals surface area contributed by atoms with Crippen molar-refractivity contribution >= 4 is 5.69 Å². The summed E-state index contributed by atoms with van der Waals surface area (Å²) in [6.07, 6.45) is -3.29. The van der Waals surface area contributed by atoms with E-state index in [-0.39, 0.29) is 11.4 Å². The number of nitrogen functional groups attached to an aromatic ring is 1. The third-order valence-electron chi connectivity index (χ3n) is 2.45. The van der Waals surface area contributed by atoms with Crippen LogP contribution in [0.4, 0.5) is 18.9 Å². The number of aromatic nitrogens is 1. The van der Waals surface area contributed by atoms with E-state index in [1.54, 1.807) is 12.1 Å². The topological polar surface area (TPSA) is 48.1 Å². The Balaban J connectivity index is 2.39. The van der Waals surface area contributed by atoms with Crippen molar-refractivity contribution in [1.82, 2.24) is 4.98 Å². The number of rotatable bonds is 2. The number of hydrogen-bond acceptors (Lipinski definition) is 3. The van der Waals surface area contributed by atoms with E-state index in [1.165, 1.54) is 18.3 Å². The Kier molecular flexibility index (Phi) is 3.33. The fourth-order valence-corrected chi connectivity index (χ4v) is 1.55. The molecule has 0 atom stereocenters. The van der Waals surface area contributed by atoms with Gasteiger partial charge in [0.25, 0.3) is 0 Å². The molecular formula is C13H11F3N2O. The average Bonchev–Trinajstić information content (AvgIpc) is 2.32. The maximum atomic E-state index is 12.8. The highest BCUT2D eigenvalue weighted by Gasteiger charge is 2.35. The van der Waals surface area contributed by atoms with Crippen LogP contribution in [0.3, 0.4) is 0 Å². The zero-order valence-corrected chi connectivity index (χ0v) is 10.0. The minimum absolute atomic E-state index is 0.148. The van der Waals surface area contributed by atoms with Gasteiger partial charge in [-0.05, 0) is 36.8 Å². The van der Waals surface area contributed by atoms with Gasteiger partial charge in [0.15, 0.2) is 5.75 Å². The molecule has 0 spiro atoms. The Morgan fingerprint density at radius 3 is 2.58 bits per heavy atom. The van der Waals surface area contributed by atoms with Gasteiger partial charge in [0, 0.05) is 6.20 Å². The number of pyridine rings is 1. The molecule has 100 valence electrons. The molecule has 0 aliphatic carbocycles. The maximum Gasteiger partial charge on any atom is 0.421 e. The second-order valence-corrected chi connectivity index (χ2v) is 4.00. The molecule has 0 fully saturated rings. The van der Waals surface area contributed by atoms with E-state index in [0.29, 0.717) is 0 Å². The Labute approximate surface area is 107 Å². The Hall–Kier alpha value is -2.24. The number of halogens is 3. The van der Waals surface area contributed by atoms with Crippen LogP contribution < -0.4 is 10.5 Å². The fourth-order valence-electron chi connectivity index (χ4n) is 1.55. The Morgan fingerprint density at radius 1 is 1.21 bits per heavy atom. The van der Waals surface area contributed by atoms with Gasteiger partial charge in [0.05, 0.1) is 5.69 Å². The molecule has 2 rings (SSSR count). The normalized spacial score (nSPS) is 11.4. The van der Waals surface area contributed by atoms with Crippen LogP contribution in [0.15, 0.2) is 36.5 Å². The van der Waals surface area contributed by atoms with Crippen LogP contribution in [0.2, 0.25) is 0 Å². The molecule has 0 unspecified atom stereocenters. The van der Waals surface area contributed by atoms with Crippen LogP contribution in [0.25, 0.3) is 0 Å². The van der Waals surface area contributed by atoms with Crippen LogP contribution in [0.5, 0.6) is 11.6 Å². The van der Waals surface area contributed by atoms with Gasteiger partial charge in [-0.15, -0.1) is 0 Å². The lowest BCUT2D eigenvalue weighted by molar-refractivity contribution is -0.138. The number of ether oxygens (including phenoxy) is 1. The van der Waals surface area contributed by atoms with Gasteiger partial charge in [0.2, 0.25) is 5.88 Å². The van der Waals surface area contributed by atoms with Crippen molar-refractivity contribution in [2.45, 2.75) is 13.1 Å². The van der Waals surface area contributed by atoms with Gasteiger partial charge < -0.3 is 10.5 Å². The first-order chi connectivity index (χ1) is 8.88. The predicted molar refractivity (Wildman–Crippen MR) is 64.9 cm³/mol. The SMILES string of the molecule is Cc1ccc(Oc2ncccc2C(F)(F)F)c(N)c1. The zero-order valence-electron chi connectivity index (χ0n) is 10.0. The zero-order chi connectivity index (χ0) is 14.0. The third kappa shape index (κ3) is 2.96. The van der Waals surface area contributed by atoms with Gasteiger partial charge in [-0.3, -0.25) is 0 Å². The molecule has 6 heteroatoms. The largest absolute Gasteiger partial charge is 0.436 e. The van der Waals surface area contributed by atoms with Crippen molar-refractivity contribution in [2.75, 3.05) is 5.73 Å². The molecule has 0 saturated heterocycles. The fraction of sp³-hybridized carbons (Fsp3) is 0.154. The van der Waals surface area contributed by atoms with Gasteiger partial charge >= 0.3 is 6.18 Å². The smallest absolute Gasteiger partial charge is 0.421 e. The highest BCUT2D eigenvalue weighted by atomic mass is 19.4. The minimum Gasteiger partial charge on any atom is -0.436 e. The van der Waals surface area contributed by atoms with Crippen molar-refractivity contribution in [2.24, 2.45) is 0 Å². The standard InChI is InChI=1S/C13H11F3N2O/c1-8-4-5-11(10(17)7-8)19-12-9(13(14,15)16)3-2-6-18-12/h2-7H,17H2,1H3. The van der Waals surface area contributed by atoms with E-state index < -0.39 is 17.6 Å². The third-order valence-corrected chi connectivity index (χ3v) is 2.45. The van der Waals surface area contributed by atoms with Crippen molar-refractivity contribution in [3.8, 4) is 11.6 Å². The lowest BCUT2D eigenvalue weighted by Crippen LogP contribution is -2.08. The van der Waals surface area contributed by atoms with Crippen LogP contribution in [-0.2, 0) is 6.18 Å².